The zero-order valence-electron chi connectivity index (χ0n) is 8.21. The maximum Gasteiger partial charge on any atom is 0.271 e. The number of methoxy groups -OCH3 is 1. The van der Waals surface area contributed by atoms with Crippen molar-refractivity contribution in [1.29, 1.82) is 0 Å². The van der Waals surface area contributed by atoms with Gasteiger partial charge < -0.3 is 4.74 Å². The number of benzene rings is 1. The monoisotopic (exact) mass is 247 g/mol. The molecule has 8 nitrogen and oxygen atoms in total. The summed E-state index contributed by atoms with van der Waals surface area (Å²) in [6.07, 6.45) is 0. The third-order valence-corrected chi connectivity index (χ3v) is 3.01. The third kappa shape index (κ3) is 2.27. The predicted octanol–water partition coefficient (Wildman–Crippen LogP) is -0.245. The molecule has 0 aliphatic heterocycles. The van der Waals surface area contributed by atoms with Gasteiger partial charge in [0.05, 0.1) is 12.0 Å². The minimum atomic E-state index is -4.00. The minimum absolute atomic E-state index is 0.0245. The van der Waals surface area contributed by atoms with Crippen molar-refractivity contribution >= 4 is 15.7 Å². The molecule has 16 heavy (non-hydrogen) atoms. The number of hydrazine groups is 1. The van der Waals surface area contributed by atoms with Crippen molar-refractivity contribution in [1.82, 2.24) is 4.83 Å². The average molecular weight is 247 g/mol. The van der Waals surface area contributed by atoms with Crippen LogP contribution in [0.3, 0.4) is 0 Å². The van der Waals surface area contributed by atoms with Gasteiger partial charge in [-0.1, -0.05) is 0 Å². The number of nitrogens with two attached hydrogens (primary N) is 1. The molecule has 0 amide bonds. The van der Waals surface area contributed by atoms with E-state index in [1.54, 1.807) is 4.83 Å². The Balaban J connectivity index is 3.45. The lowest BCUT2D eigenvalue weighted by molar-refractivity contribution is -0.385. The lowest BCUT2D eigenvalue weighted by Crippen LogP contribution is -2.30. The zero-order chi connectivity index (χ0) is 12.3. The molecule has 1 aromatic carbocycles. The van der Waals surface area contributed by atoms with E-state index in [-0.39, 0.29) is 16.3 Å². The molecule has 0 spiro atoms. The number of nitro groups is 1. The minimum Gasteiger partial charge on any atom is -0.495 e. The van der Waals surface area contributed by atoms with Crippen molar-refractivity contribution < 1.29 is 18.1 Å². The number of nitro benzene ring substituents is 1. The molecular formula is C7H9N3O5S. The molecule has 0 aromatic heterocycles. The van der Waals surface area contributed by atoms with E-state index in [4.69, 9.17) is 10.6 Å². The number of nitrogens with zero attached hydrogens (tertiary/aromatic N) is 1. The van der Waals surface area contributed by atoms with Crippen LogP contribution >= 0.6 is 0 Å². The number of rotatable bonds is 4. The van der Waals surface area contributed by atoms with Gasteiger partial charge in [0.15, 0.2) is 0 Å². The number of non-ortho nitro benzene ring substituents is 1. The van der Waals surface area contributed by atoms with Gasteiger partial charge >= 0.3 is 0 Å². The van der Waals surface area contributed by atoms with E-state index in [1.807, 2.05) is 0 Å². The average Bonchev–Trinajstić information content (AvgIpc) is 2.28. The summed E-state index contributed by atoms with van der Waals surface area (Å²) in [5, 5.41) is 10.5. The second-order valence-corrected chi connectivity index (χ2v) is 4.40. The highest BCUT2D eigenvalue weighted by Crippen LogP contribution is 2.27. The maximum atomic E-state index is 11.4. The highest BCUT2D eigenvalue weighted by atomic mass is 32.2. The summed E-state index contributed by atoms with van der Waals surface area (Å²) in [4.78, 5) is 11.0. The lowest BCUT2D eigenvalue weighted by atomic mass is 10.3. The van der Waals surface area contributed by atoms with Crippen LogP contribution in [0.2, 0.25) is 0 Å². The van der Waals surface area contributed by atoms with Gasteiger partial charge in [0.1, 0.15) is 10.6 Å². The number of hydrogen-bond acceptors (Lipinski definition) is 6. The van der Waals surface area contributed by atoms with Crippen LogP contribution in [0.4, 0.5) is 5.69 Å². The summed E-state index contributed by atoms with van der Waals surface area (Å²) >= 11 is 0. The number of ether oxygens (including phenoxy) is 1. The fourth-order valence-electron chi connectivity index (χ4n) is 1.05. The zero-order valence-corrected chi connectivity index (χ0v) is 9.02. The van der Waals surface area contributed by atoms with E-state index in [9.17, 15) is 18.5 Å². The fraction of sp³-hybridized carbons (Fsp3) is 0.143. The van der Waals surface area contributed by atoms with Gasteiger partial charge in [-0.3, -0.25) is 16.0 Å². The van der Waals surface area contributed by atoms with Crippen LogP contribution < -0.4 is 15.4 Å². The molecule has 0 bridgehead atoms. The third-order valence-electron chi connectivity index (χ3n) is 1.80. The molecule has 0 heterocycles. The van der Waals surface area contributed by atoms with Crippen molar-refractivity contribution in [2.75, 3.05) is 7.11 Å². The Morgan fingerprint density at radius 2 is 2.12 bits per heavy atom. The highest BCUT2D eigenvalue weighted by molar-refractivity contribution is 7.89. The molecular weight excluding hydrogens is 238 g/mol. The van der Waals surface area contributed by atoms with Crippen molar-refractivity contribution in [3.8, 4) is 5.75 Å². The molecule has 0 atom stereocenters. The summed E-state index contributed by atoms with van der Waals surface area (Å²) in [7, 11) is -2.75. The van der Waals surface area contributed by atoms with Crippen molar-refractivity contribution in [2.24, 2.45) is 5.84 Å². The van der Waals surface area contributed by atoms with Crippen molar-refractivity contribution in [3.05, 3.63) is 28.3 Å². The first-order chi connectivity index (χ1) is 7.42. The molecule has 0 saturated carbocycles. The molecule has 0 fully saturated rings. The largest absolute Gasteiger partial charge is 0.495 e. The van der Waals surface area contributed by atoms with Crippen LogP contribution in [0.25, 0.3) is 0 Å². The molecule has 1 aromatic rings. The first-order valence-corrected chi connectivity index (χ1v) is 5.45. The standard InChI is InChI=1S/C7H9N3O5S/c1-15-6-3-2-5(10(11)12)4-7(6)16(13,14)9-8/h2-4,9H,8H2,1H3. The van der Waals surface area contributed by atoms with E-state index in [1.165, 1.54) is 13.2 Å². The summed E-state index contributed by atoms with van der Waals surface area (Å²) in [6, 6.07) is 3.19. The Bertz CT molecular complexity index is 513. The molecule has 88 valence electrons. The van der Waals surface area contributed by atoms with Crippen LogP contribution in [-0.2, 0) is 10.0 Å². The smallest absolute Gasteiger partial charge is 0.271 e. The molecule has 1 rings (SSSR count). The molecule has 0 aliphatic rings. The van der Waals surface area contributed by atoms with Gasteiger partial charge in [-0.15, -0.1) is 4.83 Å². The molecule has 9 heteroatoms. The number of sulfonamides is 1. The predicted molar refractivity (Wildman–Crippen MR) is 54.2 cm³/mol. The fourth-order valence-corrected chi connectivity index (χ4v) is 1.87. The topological polar surface area (TPSA) is 125 Å². The van der Waals surface area contributed by atoms with Gasteiger partial charge in [-0.05, 0) is 6.07 Å². The Morgan fingerprint density at radius 1 is 1.50 bits per heavy atom. The quantitative estimate of drug-likeness (QED) is 0.429. The van der Waals surface area contributed by atoms with E-state index in [2.05, 4.69) is 0 Å². The SMILES string of the molecule is COc1ccc([N+](=O)[O-])cc1S(=O)(=O)NN. The van der Waals surface area contributed by atoms with E-state index in [0.29, 0.717) is 0 Å². The van der Waals surface area contributed by atoms with Gasteiger partial charge in [0, 0.05) is 12.1 Å². The van der Waals surface area contributed by atoms with E-state index in [0.717, 1.165) is 12.1 Å². The van der Waals surface area contributed by atoms with Crippen molar-refractivity contribution in [2.45, 2.75) is 4.90 Å². The first-order valence-electron chi connectivity index (χ1n) is 3.97. The molecule has 3 N–H and O–H groups in total. The first kappa shape index (κ1) is 12.4. The number of nitrogens with one attached hydrogen (secondary N) is 1. The van der Waals surface area contributed by atoms with E-state index < -0.39 is 14.9 Å². The van der Waals surface area contributed by atoms with Crippen LogP contribution in [-0.4, -0.2) is 20.5 Å². The van der Waals surface area contributed by atoms with Gasteiger partial charge in [-0.2, -0.15) is 0 Å². The van der Waals surface area contributed by atoms with Crippen molar-refractivity contribution in [3.63, 3.8) is 0 Å². The van der Waals surface area contributed by atoms with Crippen LogP contribution in [0.5, 0.6) is 5.75 Å². The second-order valence-electron chi connectivity index (χ2n) is 2.71. The Hall–Kier alpha value is -1.71. The van der Waals surface area contributed by atoms with Crippen LogP contribution in [0, 0.1) is 10.1 Å². The summed E-state index contributed by atoms with van der Waals surface area (Å²) in [6.45, 7) is 0. The summed E-state index contributed by atoms with van der Waals surface area (Å²) in [5.41, 5.74) is -0.366. The number of hydrogen-bond donors (Lipinski definition) is 2. The summed E-state index contributed by atoms with van der Waals surface area (Å²) < 4.78 is 27.6. The van der Waals surface area contributed by atoms with Gasteiger partial charge in [0.2, 0.25) is 0 Å². The van der Waals surface area contributed by atoms with Crippen LogP contribution in [0.1, 0.15) is 0 Å². The molecule has 0 radical (unpaired) electrons. The van der Waals surface area contributed by atoms with E-state index >= 15 is 0 Å². The van der Waals surface area contributed by atoms with Gasteiger partial charge in [0.25, 0.3) is 15.7 Å². The van der Waals surface area contributed by atoms with Crippen LogP contribution in [0.15, 0.2) is 23.1 Å². The maximum absolute atomic E-state index is 11.4. The Morgan fingerprint density at radius 3 is 2.56 bits per heavy atom. The lowest BCUT2D eigenvalue weighted by Gasteiger charge is -2.07. The normalized spacial score (nSPS) is 11.1. The molecule has 0 unspecified atom stereocenters. The molecule has 0 aliphatic carbocycles. The summed E-state index contributed by atoms with van der Waals surface area (Å²) in [5.74, 6) is 4.80. The Kier molecular flexibility index (Phi) is 3.42. The molecule has 0 saturated heterocycles. The van der Waals surface area contributed by atoms with Gasteiger partial charge in [-0.25, -0.2) is 8.42 Å². The Labute approximate surface area is 91.2 Å². The highest BCUT2D eigenvalue weighted by Gasteiger charge is 2.21. The second kappa shape index (κ2) is 4.43.